The fourth-order valence-electron chi connectivity index (χ4n) is 5.73. The van der Waals surface area contributed by atoms with Gasteiger partial charge in [0.1, 0.15) is 17.7 Å². The van der Waals surface area contributed by atoms with E-state index in [0.717, 1.165) is 27.6 Å². The topological polar surface area (TPSA) is 104 Å². The Bertz CT molecular complexity index is 1540. The third kappa shape index (κ3) is 7.63. The van der Waals surface area contributed by atoms with Gasteiger partial charge in [0.05, 0.1) is 6.04 Å². The lowest BCUT2D eigenvalue weighted by atomic mass is 9.98. The molecular formula is C35H40N4O4. The number of carbonyl (C=O) groups excluding carboxylic acids is 3. The molecule has 0 radical (unpaired) electrons. The zero-order valence-corrected chi connectivity index (χ0v) is 25.0. The van der Waals surface area contributed by atoms with Gasteiger partial charge in [-0.25, -0.2) is 4.79 Å². The van der Waals surface area contributed by atoms with Gasteiger partial charge >= 0.3 is 6.09 Å². The second-order valence-electron chi connectivity index (χ2n) is 12.1. The Morgan fingerprint density at radius 2 is 1.58 bits per heavy atom. The van der Waals surface area contributed by atoms with E-state index in [1.54, 1.807) is 25.7 Å². The number of ether oxygens (including phenoxy) is 1. The number of fused-ring (bicyclic) bond motifs is 1. The van der Waals surface area contributed by atoms with Crippen molar-refractivity contribution in [3.05, 3.63) is 108 Å². The molecule has 1 aliphatic heterocycles. The summed E-state index contributed by atoms with van der Waals surface area (Å²) >= 11 is 0. The predicted octanol–water partition coefficient (Wildman–Crippen LogP) is 5.69. The molecule has 3 aromatic carbocycles. The first-order valence-electron chi connectivity index (χ1n) is 14.9. The molecule has 0 spiro atoms. The van der Waals surface area contributed by atoms with Crippen LogP contribution >= 0.6 is 0 Å². The Labute approximate surface area is 252 Å². The lowest BCUT2D eigenvalue weighted by molar-refractivity contribution is -0.140. The Balaban J connectivity index is 1.36. The minimum absolute atomic E-state index is 0.196. The van der Waals surface area contributed by atoms with E-state index in [4.69, 9.17) is 4.74 Å². The number of nitrogens with zero attached hydrogens (tertiary/aromatic N) is 1. The maximum Gasteiger partial charge on any atom is 0.408 e. The number of nitrogens with one attached hydrogen (secondary N) is 3. The number of benzene rings is 3. The summed E-state index contributed by atoms with van der Waals surface area (Å²) in [6.45, 7) is 5.78. The monoisotopic (exact) mass is 580 g/mol. The molecule has 0 saturated carbocycles. The highest BCUT2D eigenvalue weighted by molar-refractivity contribution is 5.93. The summed E-state index contributed by atoms with van der Waals surface area (Å²) in [5.74, 6) is -0.494. The molecule has 3 N–H and O–H groups in total. The maximum absolute atomic E-state index is 14.1. The number of para-hydroxylation sites is 1. The van der Waals surface area contributed by atoms with Gasteiger partial charge in [-0.15, -0.1) is 0 Å². The maximum atomic E-state index is 14.1. The van der Waals surface area contributed by atoms with Crippen LogP contribution in [0.1, 0.15) is 56.3 Å². The molecule has 224 valence electrons. The van der Waals surface area contributed by atoms with Crippen molar-refractivity contribution in [2.45, 2.75) is 70.2 Å². The van der Waals surface area contributed by atoms with Crippen LogP contribution in [0.4, 0.5) is 4.79 Å². The van der Waals surface area contributed by atoms with E-state index in [9.17, 15) is 14.4 Å². The number of amides is 3. The molecule has 1 fully saturated rings. The quantitative estimate of drug-likeness (QED) is 0.236. The molecule has 1 aliphatic rings. The largest absolute Gasteiger partial charge is 0.444 e. The number of aromatic nitrogens is 1. The Kier molecular flexibility index (Phi) is 9.14. The van der Waals surface area contributed by atoms with Crippen molar-refractivity contribution in [1.82, 2.24) is 20.5 Å². The highest BCUT2D eigenvalue weighted by atomic mass is 16.6. The van der Waals surface area contributed by atoms with Crippen molar-refractivity contribution in [2.24, 2.45) is 0 Å². The number of aromatic amines is 1. The molecule has 8 heteroatoms. The van der Waals surface area contributed by atoms with Crippen LogP contribution in [0, 0.1) is 0 Å². The smallest absolute Gasteiger partial charge is 0.408 e. The van der Waals surface area contributed by atoms with Crippen molar-refractivity contribution in [2.75, 3.05) is 6.54 Å². The van der Waals surface area contributed by atoms with Gasteiger partial charge in [0.15, 0.2) is 0 Å². The third-order valence-corrected chi connectivity index (χ3v) is 7.73. The molecule has 3 amide bonds. The average Bonchev–Trinajstić information content (AvgIpc) is 3.64. The predicted molar refractivity (Wildman–Crippen MR) is 167 cm³/mol. The van der Waals surface area contributed by atoms with Crippen molar-refractivity contribution < 1.29 is 19.1 Å². The fraction of sp³-hybridized carbons (Fsp3) is 0.343. The van der Waals surface area contributed by atoms with Gasteiger partial charge in [-0.2, -0.15) is 0 Å². The van der Waals surface area contributed by atoms with Crippen LogP contribution in [0.5, 0.6) is 0 Å². The van der Waals surface area contributed by atoms with E-state index in [1.807, 2.05) is 91.1 Å². The molecule has 4 aromatic rings. The molecule has 5 rings (SSSR count). The first-order chi connectivity index (χ1) is 20.7. The van der Waals surface area contributed by atoms with E-state index in [2.05, 4.69) is 15.6 Å². The van der Waals surface area contributed by atoms with Crippen LogP contribution in [0.3, 0.4) is 0 Å². The molecule has 2 heterocycles. The van der Waals surface area contributed by atoms with Gasteiger partial charge in [0.25, 0.3) is 0 Å². The van der Waals surface area contributed by atoms with E-state index >= 15 is 0 Å². The molecule has 0 unspecified atom stereocenters. The summed E-state index contributed by atoms with van der Waals surface area (Å²) in [4.78, 5) is 45.7. The number of alkyl carbamates (subject to hydrolysis) is 1. The summed E-state index contributed by atoms with van der Waals surface area (Å²) in [7, 11) is 0. The molecule has 3 atom stereocenters. The average molecular weight is 581 g/mol. The highest BCUT2D eigenvalue weighted by Crippen LogP contribution is 2.25. The molecule has 43 heavy (non-hydrogen) atoms. The SMILES string of the molecule is CC(C)(C)OC(=O)N[C@@H](Cc1c[nH]c2ccccc12)C(=O)N1CCC[C@H]1C(=O)N[C@@H](Cc1ccccc1)c1ccccc1. The number of H-pyrrole nitrogens is 1. The number of likely N-dealkylation sites (tertiary alicyclic amines) is 1. The van der Waals surface area contributed by atoms with Crippen molar-refractivity contribution >= 4 is 28.8 Å². The third-order valence-electron chi connectivity index (χ3n) is 7.73. The van der Waals surface area contributed by atoms with Gasteiger partial charge in [-0.1, -0.05) is 78.9 Å². The number of carbonyl (C=O) groups is 3. The standard InChI is InChI=1S/C35H40N4O4/c1-35(2,3)43-34(42)38-30(22-26-23-36-28-18-11-10-17-27(26)28)33(41)39-20-12-19-31(39)32(40)37-29(25-15-8-5-9-16-25)21-24-13-6-4-7-14-24/h4-11,13-18,23,29-31,36H,12,19-22H2,1-3H3,(H,37,40)(H,38,42)/t29-,30-,31-/m0/s1. The van der Waals surface area contributed by atoms with Crippen LogP contribution in [-0.2, 0) is 27.2 Å². The van der Waals surface area contributed by atoms with Gasteiger partial charge in [0, 0.05) is 30.1 Å². The Hall–Kier alpha value is -4.59. The normalized spacial score (nSPS) is 16.4. The molecule has 0 aliphatic carbocycles. The van der Waals surface area contributed by atoms with E-state index in [-0.39, 0.29) is 24.3 Å². The summed E-state index contributed by atoms with van der Waals surface area (Å²) < 4.78 is 5.51. The van der Waals surface area contributed by atoms with E-state index < -0.39 is 23.8 Å². The van der Waals surface area contributed by atoms with Crippen LogP contribution < -0.4 is 10.6 Å². The Morgan fingerprint density at radius 3 is 2.30 bits per heavy atom. The highest BCUT2D eigenvalue weighted by Gasteiger charge is 2.39. The van der Waals surface area contributed by atoms with Crippen molar-refractivity contribution in [3.8, 4) is 0 Å². The fourth-order valence-corrected chi connectivity index (χ4v) is 5.73. The summed E-state index contributed by atoms with van der Waals surface area (Å²) in [6.07, 6.45) is 3.33. The van der Waals surface area contributed by atoms with Gasteiger partial charge in [-0.05, 0) is 62.8 Å². The molecule has 8 nitrogen and oxygen atoms in total. The second kappa shape index (κ2) is 13.2. The lowest BCUT2D eigenvalue weighted by Gasteiger charge is -2.30. The summed E-state index contributed by atoms with van der Waals surface area (Å²) in [6, 6.07) is 26.0. The van der Waals surface area contributed by atoms with Crippen LogP contribution in [0.25, 0.3) is 10.9 Å². The number of hydrogen-bond acceptors (Lipinski definition) is 4. The van der Waals surface area contributed by atoms with Crippen molar-refractivity contribution in [3.63, 3.8) is 0 Å². The zero-order valence-electron chi connectivity index (χ0n) is 25.0. The molecular weight excluding hydrogens is 540 g/mol. The number of rotatable bonds is 9. The van der Waals surface area contributed by atoms with Gasteiger partial charge < -0.3 is 25.3 Å². The molecule has 0 bridgehead atoms. The van der Waals surface area contributed by atoms with Gasteiger partial charge in [0.2, 0.25) is 11.8 Å². The summed E-state index contributed by atoms with van der Waals surface area (Å²) in [5, 5.41) is 7.03. The van der Waals surface area contributed by atoms with E-state index in [0.29, 0.717) is 25.8 Å². The minimum atomic E-state index is -0.906. The Morgan fingerprint density at radius 1 is 0.907 bits per heavy atom. The first kappa shape index (κ1) is 29.9. The van der Waals surface area contributed by atoms with Crippen LogP contribution in [0.15, 0.2) is 91.1 Å². The van der Waals surface area contributed by atoms with Gasteiger partial charge in [-0.3, -0.25) is 9.59 Å². The lowest BCUT2D eigenvalue weighted by Crippen LogP contribution is -2.55. The zero-order chi connectivity index (χ0) is 30.4. The van der Waals surface area contributed by atoms with E-state index in [1.165, 1.54) is 0 Å². The van der Waals surface area contributed by atoms with Crippen LogP contribution in [0.2, 0.25) is 0 Å². The van der Waals surface area contributed by atoms with Crippen molar-refractivity contribution in [1.29, 1.82) is 0 Å². The first-order valence-corrected chi connectivity index (χ1v) is 14.9. The number of hydrogen-bond donors (Lipinski definition) is 3. The minimum Gasteiger partial charge on any atom is -0.444 e. The summed E-state index contributed by atoms with van der Waals surface area (Å²) in [5.41, 5.74) is 3.23. The molecule has 1 saturated heterocycles. The van der Waals surface area contributed by atoms with Crippen LogP contribution in [-0.4, -0.2) is 52.0 Å². The molecule has 1 aromatic heterocycles. The second-order valence-corrected chi connectivity index (χ2v) is 12.1.